The van der Waals surface area contributed by atoms with Crippen LogP contribution in [0.3, 0.4) is 0 Å². The molecule has 1 aliphatic rings. The molecule has 0 aromatic heterocycles. The van der Waals surface area contributed by atoms with E-state index in [4.69, 9.17) is 4.74 Å². The Morgan fingerprint density at radius 3 is 2.42 bits per heavy atom. The molecular weight excluding hydrogens is 421 g/mol. The van der Waals surface area contributed by atoms with Gasteiger partial charge in [-0.2, -0.15) is 0 Å². The molecule has 0 aliphatic carbocycles. The van der Waals surface area contributed by atoms with E-state index in [2.05, 4.69) is 14.9 Å². The second-order valence-electron chi connectivity index (χ2n) is 7.59. The monoisotopic (exact) mass is 449 g/mol. The van der Waals surface area contributed by atoms with Crippen LogP contribution in [0.5, 0.6) is 0 Å². The molecule has 1 heterocycles. The van der Waals surface area contributed by atoms with E-state index in [1.807, 2.05) is 13.8 Å². The summed E-state index contributed by atoms with van der Waals surface area (Å²) in [5, 5.41) is 2.80. The van der Waals surface area contributed by atoms with Crippen LogP contribution in [0.1, 0.15) is 22.7 Å². The van der Waals surface area contributed by atoms with E-state index in [9.17, 15) is 17.6 Å². The number of hydrogen-bond donors (Lipinski definition) is 2. The number of sulfonamides is 1. The van der Waals surface area contributed by atoms with Crippen molar-refractivity contribution < 1.29 is 22.3 Å². The van der Waals surface area contributed by atoms with Gasteiger partial charge in [0.25, 0.3) is 0 Å². The zero-order valence-corrected chi connectivity index (χ0v) is 18.5. The van der Waals surface area contributed by atoms with Crippen LogP contribution in [0.15, 0.2) is 47.4 Å². The van der Waals surface area contributed by atoms with Gasteiger partial charge in [0.1, 0.15) is 5.82 Å². The van der Waals surface area contributed by atoms with Crippen LogP contribution in [0.2, 0.25) is 0 Å². The minimum absolute atomic E-state index is 0.126. The normalized spacial score (nSPS) is 16.1. The first-order valence-electron chi connectivity index (χ1n) is 10.2. The first-order chi connectivity index (χ1) is 14.8. The van der Waals surface area contributed by atoms with Crippen LogP contribution in [-0.4, -0.2) is 58.6 Å². The molecule has 0 radical (unpaired) electrons. The summed E-state index contributed by atoms with van der Waals surface area (Å²) in [5.74, 6) is -0.762. The molecule has 0 bridgehead atoms. The highest BCUT2D eigenvalue weighted by atomic mass is 32.2. The van der Waals surface area contributed by atoms with E-state index >= 15 is 0 Å². The maximum Gasteiger partial charge on any atom is 0.241 e. The number of halogens is 1. The Hall–Kier alpha value is -2.33. The van der Waals surface area contributed by atoms with Gasteiger partial charge in [-0.15, -0.1) is 0 Å². The molecule has 2 aromatic carbocycles. The largest absolute Gasteiger partial charge is 0.379 e. The van der Waals surface area contributed by atoms with Crippen molar-refractivity contribution in [1.29, 1.82) is 0 Å². The molecule has 2 aromatic rings. The molecule has 0 spiro atoms. The van der Waals surface area contributed by atoms with Crippen molar-refractivity contribution >= 4 is 15.9 Å². The number of rotatable bonds is 8. The molecule has 168 valence electrons. The molecular formula is C22H28FN3O4S. The van der Waals surface area contributed by atoms with Crippen molar-refractivity contribution in [3.63, 3.8) is 0 Å². The standard InChI is InChI=1S/C22H28FN3O4S/c1-16-3-8-20(13-17(16)2)31(28,29)25-15-22(27)24-14-21(26-9-11-30-12-10-26)18-4-6-19(23)7-5-18/h3-8,13,21,25H,9-12,14-15H2,1-2H3,(H,24,27). The van der Waals surface area contributed by atoms with Gasteiger partial charge in [-0.1, -0.05) is 18.2 Å². The highest BCUT2D eigenvalue weighted by Crippen LogP contribution is 2.21. The van der Waals surface area contributed by atoms with Gasteiger partial charge in [-0.05, 0) is 54.8 Å². The van der Waals surface area contributed by atoms with Gasteiger partial charge in [0, 0.05) is 19.6 Å². The van der Waals surface area contributed by atoms with Crippen LogP contribution < -0.4 is 10.0 Å². The van der Waals surface area contributed by atoms with Crippen molar-refractivity contribution in [3.8, 4) is 0 Å². The van der Waals surface area contributed by atoms with Crippen molar-refractivity contribution in [2.24, 2.45) is 0 Å². The predicted octanol–water partition coefficient (Wildman–Crippen LogP) is 1.91. The molecule has 1 atom stereocenters. The SMILES string of the molecule is Cc1ccc(S(=O)(=O)NCC(=O)NCC(c2ccc(F)cc2)N2CCOCC2)cc1C. The molecule has 1 amide bonds. The molecule has 9 heteroatoms. The summed E-state index contributed by atoms with van der Waals surface area (Å²) >= 11 is 0. The summed E-state index contributed by atoms with van der Waals surface area (Å²) < 4.78 is 46.1. The van der Waals surface area contributed by atoms with Gasteiger partial charge >= 0.3 is 0 Å². The molecule has 1 aliphatic heterocycles. The first-order valence-corrected chi connectivity index (χ1v) is 11.7. The van der Waals surface area contributed by atoms with E-state index in [1.165, 1.54) is 18.2 Å². The van der Waals surface area contributed by atoms with Gasteiger partial charge in [0.05, 0.1) is 30.7 Å². The van der Waals surface area contributed by atoms with Gasteiger partial charge < -0.3 is 10.1 Å². The Bertz CT molecular complexity index is 1010. The summed E-state index contributed by atoms with van der Waals surface area (Å²) in [4.78, 5) is 14.7. The fourth-order valence-electron chi connectivity index (χ4n) is 3.43. The predicted molar refractivity (Wildman–Crippen MR) is 116 cm³/mol. The zero-order valence-electron chi connectivity index (χ0n) is 17.7. The number of carbonyl (C=O) groups is 1. The van der Waals surface area contributed by atoms with Gasteiger partial charge in [0.15, 0.2) is 0 Å². The van der Waals surface area contributed by atoms with Crippen LogP contribution in [0, 0.1) is 19.7 Å². The third-order valence-corrected chi connectivity index (χ3v) is 6.84. The van der Waals surface area contributed by atoms with E-state index in [0.29, 0.717) is 26.3 Å². The maximum absolute atomic E-state index is 13.3. The lowest BCUT2D eigenvalue weighted by Crippen LogP contribution is -2.45. The number of benzene rings is 2. The van der Waals surface area contributed by atoms with Crippen molar-refractivity contribution in [2.45, 2.75) is 24.8 Å². The highest BCUT2D eigenvalue weighted by Gasteiger charge is 2.24. The Morgan fingerprint density at radius 1 is 1.10 bits per heavy atom. The van der Waals surface area contributed by atoms with Crippen LogP contribution >= 0.6 is 0 Å². The molecule has 2 N–H and O–H groups in total. The topological polar surface area (TPSA) is 87.7 Å². The smallest absolute Gasteiger partial charge is 0.241 e. The van der Waals surface area contributed by atoms with Gasteiger partial charge in [-0.3, -0.25) is 9.69 Å². The summed E-state index contributed by atoms with van der Waals surface area (Å²) in [7, 11) is -3.79. The van der Waals surface area contributed by atoms with Crippen LogP contribution in [0.25, 0.3) is 0 Å². The molecule has 1 fully saturated rings. The number of nitrogens with zero attached hydrogens (tertiary/aromatic N) is 1. The quantitative estimate of drug-likeness (QED) is 0.643. The van der Waals surface area contributed by atoms with E-state index < -0.39 is 15.9 Å². The number of ether oxygens (including phenoxy) is 1. The highest BCUT2D eigenvalue weighted by molar-refractivity contribution is 7.89. The number of nitrogens with one attached hydrogen (secondary N) is 2. The van der Waals surface area contributed by atoms with Crippen LogP contribution in [0.4, 0.5) is 4.39 Å². The lowest BCUT2D eigenvalue weighted by atomic mass is 10.0. The van der Waals surface area contributed by atoms with Gasteiger partial charge in [0.2, 0.25) is 15.9 Å². The van der Waals surface area contributed by atoms with Crippen molar-refractivity contribution in [1.82, 2.24) is 14.9 Å². The Balaban J connectivity index is 1.61. The zero-order chi connectivity index (χ0) is 22.4. The van der Waals surface area contributed by atoms with Crippen molar-refractivity contribution in [2.75, 3.05) is 39.4 Å². The fraction of sp³-hybridized carbons (Fsp3) is 0.409. The molecule has 1 saturated heterocycles. The van der Waals surface area contributed by atoms with E-state index in [1.54, 1.807) is 24.3 Å². The molecule has 7 nitrogen and oxygen atoms in total. The summed E-state index contributed by atoms with van der Waals surface area (Å²) in [6.07, 6.45) is 0. The molecule has 0 saturated carbocycles. The number of amides is 1. The van der Waals surface area contributed by atoms with Gasteiger partial charge in [-0.25, -0.2) is 17.5 Å². The first kappa shape index (κ1) is 23.3. The van der Waals surface area contributed by atoms with Crippen LogP contribution in [-0.2, 0) is 19.6 Å². The average Bonchev–Trinajstić information content (AvgIpc) is 2.76. The third kappa shape index (κ3) is 6.33. The Morgan fingerprint density at radius 2 is 1.77 bits per heavy atom. The molecule has 3 rings (SSSR count). The number of hydrogen-bond acceptors (Lipinski definition) is 5. The molecule has 31 heavy (non-hydrogen) atoms. The number of aryl methyl sites for hydroxylation is 2. The average molecular weight is 450 g/mol. The minimum Gasteiger partial charge on any atom is -0.379 e. The maximum atomic E-state index is 13.3. The minimum atomic E-state index is -3.79. The number of morpholine rings is 1. The molecule has 1 unspecified atom stereocenters. The summed E-state index contributed by atoms with van der Waals surface area (Å²) in [6.45, 7) is 6.20. The lowest BCUT2D eigenvalue weighted by Gasteiger charge is -2.35. The lowest BCUT2D eigenvalue weighted by molar-refractivity contribution is -0.120. The Kier molecular flexibility index (Phi) is 7.77. The summed E-state index contributed by atoms with van der Waals surface area (Å²) in [6, 6.07) is 10.9. The van der Waals surface area contributed by atoms with E-state index in [0.717, 1.165) is 16.7 Å². The van der Waals surface area contributed by atoms with Crippen molar-refractivity contribution in [3.05, 3.63) is 65.0 Å². The Labute approximate surface area is 182 Å². The summed E-state index contributed by atoms with van der Waals surface area (Å²) in [5.41, 5.74) is 2.73. The fourth-order valence-corrected chi connectivity index (χ4v) is 4.50. The number of carbonyl (C=O) groups excluding carboxylic acids is 1. The van der Waals surface area contributed by atoms with E-state index in [-0.39, 0.29) is 29.8 Å². The third-order valence-electron chi connectivity index (χ3n) is 5.45. The second-order valence-corrected chi connectivity index (χ2v) is 9.36. The second kappa shape index (κ2) is 10.3.